The van der Waals surface area contributed by atoms with Gasteiger partial charge in [0.2, 0.25) is 0 Å². The molecule has 1 heterocycles. The summed E-state index contributed by atoms with van der Waals surface area (Å²) in [4.78, 5) is 23.3. The highest BCUT2D eigenvalue weighted by molar-refractivity contribution is 6.09. The van der Waals surface area contributed by atoms with Gasteiger partial charge in [0.1, 0.15) is 11.3 Å². The molecule has 37 heavy (non-hydrogen) atoms. The Hall–Kier alpha value is -3.96. The van der Waals surface area contributed by atoms with Gasteiger partial charge < -0.3 is 18.6 Å². The van der Waals surface area contributed by atoms with Gasteiger partial charge in [-0.05, 0) is 50.5 Å². The van der Waals surface area contributed by atoms with E-state index in [2.05, 4.69) is 17.9 Å². The average Bonchev–Trinajstić information content (AvgIpc) is 3.14. The lowest BCUT2D eigenvalue weighted by molar-refractivity contribution is -0.274. The Bertz CT molecular complexity index is 1400. The van der Waals surface area contributed by atoms with Crippen LogP contribution in [0.15, 0.2) is 53.0 Å². The van der Waals surface area contributed by atoms with Gasteiger partial charge in [0.25, 0.3) is 0 Å². The summed E-state index contributed by atoms with van der Waals surface area (Å²) in [6, 6.07) is 4.54. The van der Waals surface area contributed by atoms with Crippen molar-refractivity contribution in [2.45, 2.75) is 39.2 Å². The first-order valence-electron chi connectivity index (χ1n) is 10.6. The lowest BCUT2D eigenvalue weighted by Crippen LogP contribution is -2.18. The predicted octanol–water partition coefficient (Wildman–Crippen LogP) is 7.04. The van der Waals surface area contributed by atoms with E-state index < -0.39 is 52.7 Å². The van der Waals surface area contributed by atoms with Crippen molar-refractivity contribution >= 4 is 33.9 Å². The summed E-state index contributed by atoms with van der Waals surface area (Å²) in [6.07, 6.45) is -10.3. The summed E-state index contributed by atoms with van der Waals surface area (Å²) in [6.45, 7) is 9.23. The lowest BCUT2D eigenvalue weighted by Gasteiger charge is -2.14. The molecule has 1 aromatic heterocycles. The molecule has 0 atom stereocenters. The average molecular weight is 530 g/mol. The van der Waals surface area contributed by atoms with Gasteiger partial charge in [-0.25, -0.2) is 9.59 Å². The van der Waals surface area contributed by atoms with E-state index in [9.17, 15) is 35.9 Å². The molecule has 0 aliphatic heterocycles. The van der Waals surface area contributed by atoms with Gasteiger partial charge in [-0.15, -0.1) is 13.2 Å². The highest BCUT2D eigenvalue weighted by Crippen LogP contribution is 2.47. The molecule has 0 amide bonds. The monoisotopic (exact) mass is 530 g/mol. The third kappa shape index (κ3) is 6.25. The molecular weight excluding hydrogens is 510 g/mol. The second-order valence-corrected chi connectivity index (χ2v) is 8.08. The quantitative estimate of drug-likeness (QED) is 0.102. The van der Waals surface area contributed by atoms with E-state index in [1.165, 1.54) is 26.0 Å². The standard InChI is InChI=1S/C25H20F6O6/c1-12(2)22(32)34-11-5-6-14-7-8-16-15-9-10-17(35-23(33)13(3)4)18(24(26,27)28)20(15)36-21(16)19(14)37-25(29,30)31/h7-10H,1,3,5-6,11H2,2,4H3. The highest BCUT2D eigenvalue weighted by Gasteiger charge is 2.40. The minimum absolute atomic E-state index is 0.0438. The zero-order valence-electron chi connectivity index (χ0n) is 19.6. The first-order chi connectivity index (χ1) is 17.1. The van der Waals surface area contributed by atoms with E-state index in [0.717, 1.165) is 12.1 Å². The molecule has 12 heteroatoms. The smallest absolute Gasteiger partial charge is 0.462 e. The van der Waals surface area contributed by atoms with Crippen molar-refractivity contribution in [1.82, 2.24) is 0 Å². The molecule has 0 fully saturated rings. The van der Waals surface area contributed by atoms with Crippen LogP contribution >= 0.6 is 0 Å². The highest BCUT2D eigenvalue weighted by atomic mass is 19.4. The van der Waals surface area contributed by atoms with Crippen LogP contribution in [0.5, 0.6) is 11.5 Å². The van der Waals surface area contributed by atoms with Crippen molar-refractivity contribution in [3.63, 3.8) is 0 Å². The molecule has 0 spiro atoms. The number of benzene rings is 2. The van der Waals surface area contributed by atoms with Crippen molar-refractivity contribution < 1.29 is 54.6 Å². The van der Waals surface area contributed by atoms with Gasteiger partial charge in [0.05, 0.1) is 6.61 Å². The molecule has 2 aromatic carbocycles. The summed E-state index contributed by atoms with van der Waals surface area (Å²) in [5.41, 5.74) is -2.98. The zero-order valence-corrected chi connectivity index (χ0v) is 19.6. The number of esters is 2. The van der Waals surface area contributed by atoms with Gasteiger partial charge in [0, 0.05) is 21.9 Å². The number of hydrogen-bond donors (Lipinski definition) is 0. The van der Waals surface area contributed by atoms with Crippen LogP contribution in [0.1, 0.15) is 31.4 Å². The fourth-order valence-corrected chi connectivity index (χ4v) is 3.42. The number of aryl methyl sites for hydroxylation is 1. The molecule has 0 saturated carbocycles. The van der Waals surface area contributed by atoms with E-state index in [0.29, 0.717) is 0 Å². The summed E-state index contributed by atoms with van der Waals surface area (Å²) < 4.78 is 101. The number of ether oxygens (including phenoxy) is 3. The Labute approximate surface area is 206 Å². The Morgan fingerprint density at radius 1 is 0.892 bits per heavy atom. The van der Waals surface area contributed by atoms with E-state index in [-0.39, 0.29) is 46.9 Å². The number of furan rings is 1. The molecule has 0 N–H and O–H groups in total. The number of carbonyl (C=O) groups excluding carboxylic acids is 2. The maximum Gasteiger partial charge on any atom is 0.573 e. The summed E-state index contributed by atoms with van der Waals surface area (Å²) in [7, 11) is 0. The molecule has 0 bridgehead atoms. The first-order valence-corrected chi connectivity index (χ1v) is 10.6. The Balaban J connectivity index is 2.15. The van der Waals surface area contributed by atoms with Crippen molar-refractivity contribution in [3.8, 4) is 11.5 Å². The van der Waals surface area contributed by atoms with Crippen LogP contribution in [0.3, 0.4) is 0 Å². The number of halogens is 6. The summed E-state index contributed by atoms with van der Waals surface area (Å²) in [5.74, 6) is -3.54. The molecule has 198 valence electrons. The molecule has 6 nitrogen and oxygen atoms in total. The van der Waals surface area contributed by atoms with Gasteiger partial charge in [-0.2, -0.15) is 13.2 Å². The first kappa shape index (κ1) is 27.6. The van der Waals surface area contributed by atoms with E-state index in [1.807, 2.05) is 0 Å². The molecule has 0 aliphatic rings. The molecular formula is C25H20F6O6. The molecule has 0 unspecified atom stereocenters. The second kappa shape index (κ2) is 10.2. The van der Waals surface area contributed by atoms with Gasteiger partial charge in [-0.1, -0.05) is 19.2 Å². The third-order valence-corrected chi connectivity index (χ3v) is 5.03. The minimum atomic E-state index is -5.19. The fraction of sp³-hybridized carbons (Fsp3) is 0.280. The van der Waals surface area contributed by atoms with E-state index in [4.69, 9.17) is 13.9 Å². The van der Waals surface area contributed by atoms with Gasteiger partial charge >= 0.3 is 24.5 Å². The van der Waals surface area contributed by atoms with Gasteiger partial charge in [-0.3, -0.25) is 0 Å². The minimum Gasteiger partial charge on any atom is -0.462 e. The fourth-order valence-electron chi connectivity index (χ4n) is 3.42. The Morgan fingerprint density at radius 3 is 2.05 bits per heavy atom. The largest absolute Gasteiger partial charge is 0.573 e. The van der Waals surface area contributed by atoms with E-state index >= 15 is 0 Å². The second-order valence-electron chi connectivity index (χ2n) is 8.08. The zero-order chi connectivity index (χ0) is 27.7. The van der Waals surface area contributed by atoms with Crippen molar-refractivity contribution in [2.75, 3.05) is 6.61 Å². The van der Waals surface area contributed by atoms with Crippen LogP contribution in [0.2, 0.25) is 0 Å². The lowest BCUT2D eigenvalue weighted by atomic mass is 10.0. The van der Waals surface area contributed by atoms with Crippen molar-refractivity contribution in [3.05, 3.63) is 59.7 Å². The topological polar surface area (TPSA) is 75.0 Å². The Morgan fingerprint density at radius 2 is 1.49 bits per heavy atom. The van der Waals surface area contributed by atoms with Crippen LogP contribution < -0.4 is 9.47 Å². The summed E-state index contributed by atoms with van der Waals surface area (Å²) in [5, 5.41) is -0.263. The number of hydrogen-bond acceptors (Lipinski definition) is 6. The normalized spacial score (nSPS) is 12.0. The van der Waals surface area contributed by atoms with Crippen LogP contribution in [-0.4, -0.2) is 24.9 Å². The maximum absolute atomic E-state index is 14.0. The predicted molar refractivity (Wildman–Crippen MR) is 120 cm³/mol. The number of fused-ring (bicyclic) bond motifs is 3. The van der Waals surface area contributed by atoms with Crippen molar-refractivity contribution in [1.29, 1.82) is 0 Å². The van der Waals surface area contributed by atoms with Crippen LogP contribution in [-0.2, 0) is 26.9 Å². The molecule has 0 aliphatic carbocycles. The third-order valence-electron chi connectivity index (χ3n) is 5.03. The van der Waals surface area contributed by atoms with Crippen molar-refractivity contribution in [2.24, 2.45) is 0 Å². The molecule has 0 radical (unpaired) electrons. The van der Waals surface area contributed by atoms with Crippen LogP contribution in [0, 0.1) is 0 Å². The number of alkyl halides is 6. The molecule has 3 aromatic rings. The molecule has 3 rings (SSSR count). The maximum atomic E-state index is 14.0. The Kier molecular flexibility index (Phi) is 7.61. The summed E-state index contributed by atoms with van der Waals surface area (Å²) >= 11 is 0. The van der Waals surface area contributed by atoms with Gasteiger partial charge in [0.15, 0.2) is 16.9 Å². The van der Waals surface area contributed by atoms with E-state index in [1.54, 1.807) is 0 Å². The van der Waals surface area contributed by atoms with Crippen LogP contribution in [0.4, 0.5) is 26.3 Å². The molecule has 0 saturated heterocycles. The van der Waals surface area contributed by atoms with Crippen LogP contribution in [0.25, 0.3) is 21.9 Å². The number of carbonyl (C=O) groups is 2. The SMILES string of the molecule is C=C(C)C(=O)OCCCc1ccc2c(oc3c(C(F)(F)F)c(OC(=O)C(=C)C)ccc32)c1OC(F)(F)F. The number of rotatable bonds is 8.